The molecule has 0 saturated carbocycles. The van der Waals surface area contributed by atoms with Crippen LogP contribution in [0.15, 0.2) is 42.5 Å². The lowest BCUT2D eigenvalue weighted by atomic mass is 10.1. The molecule has 0 fully saturated rings. The molecule has 0 heterocycles. The summed E-state index contributed by atoms with van der Waals surface area (Å²) in [6.07, 6.45) is -4.73. The minimum atomic E-state index is -4.69. The Morgan fingerprint density at radius 1 is 1.11 bits per heavy atom. The van der Waals surface area contributed by atoms with Gasteiger partial charge in [-0.05, 0) is 29.8 Å². The van der Waals surface area contributed by atoms with E-state index in [9.17, 15) is 32.5 Å². The van der Waals surface area contributed by atoms with Crippen molar-refractivity contribution in [3.63, 3.8) is 0 Å². The molecule has 2 rings (SSSR count). The number of alkyl halides is 3. The van der Waals surface area contributed by atoms with Crippen molar-refractivity contribution < 1.29 is 27.3 Å². The Balaban J connectivity index is 1.89. The van der Waals surface area contributed by atoms with Crippen molar-refractivity contribution in [3.05, 3.63) is 69.5 Å². The molecule has 144 valence electrons. The lowest BCUT2D eigenvalue weighted by Gasteiger charge is -2.11. The van der Waals surface area contributed by atoms with Gasteiger partial charge in [-0.1, -0.05) is 12.1 Å². The number of nitro groups is 1. The Labute approximate surface area is 151 Å². The summed E-state index contributed by atoms with van der Waals surface area (Å²) in [5.74, 6) is -0.846. The van der Waals surface area contributed by atoms with Gasteiger partial charge in [0, 0.05) is 19.2 Å². The molecule has 0 atom stereocenters. The maximum atomic E-state index is 13.0. The Hall–Kier alpha value is -3.17. The molecule has 0 unspecified atom stereocenters. The fourth-order valence-corrected chi connectivity index (χ4v) is 2.30. The van der Waals surface area contributed by atoms with Gasteiger partial charge in [0.15, 0.2) is 0 Å². The molecular formula is C17H15F4N3O3. The molecule has 0 bridgehead atoms. The van der Waals surface area contributed by atoms with E-state index in [0.717, 1.165) is 12.1 Å². The number of amides is 1. The van der Waals surface area contributed by atoms with Crippen LogP contribution in [0.25, 0.3) is 0 Å². The first-order valence-corrected chi connectivity index (χ1v) is 7.77. The summed E-state index contributed by atoms with van der Waals surface area (Å²) in [5, 5.41) is 16.1. The van der Waals surface area contributed by atoms with Crippen LogP contribution in [0.3, 0.4) is 0 Å². The highest BCUT2D eigenvalue weighted by atomic mass is 19.4. The molecule has 27 heavy (non-hydrogen) atoms. The molecule has 2 N–H and O–H groups in total. The standard InChI is InChI=1S/C17H15F4N3O3/c18-13-3-1-2-11(8-13)9-16(25)23-7-6-22-14-5-4-12(17(19,20)21)10-15(14)24(26)27/h1-5,8,10,22H,6-7,9H2,(H,23,25). The van der Waals surface area contributed by atoms with Crippen molar-refractivity contribution in [2.75, 3.05) is 18.4 Å². The minimum absolute atomic E-state index is 0.0435. The quantitative estimate of drug-likeness (QED) is 0.331. The van der Waals surface area contributed by atoms with E-state index in [4.69, 9.17) is 0 Å². The lowest BCUT2D eigenvalue weighted by Crippen LogP contribution is -2.30. The lowest BCUT2D eigenvalue weighted by molar-refractivity contribution is -0.384. The number of carbonyl (C=O) groups excluding carboxylic acids is 1. The van der Waals surface area contributed by atoms with E-state index >= 15 is 0 Å². The van der Waals surface area contributed by atoms with E-state index in [-0.39, 0.29) is 31.1 Å². The topological polar surface area (TPSA) is 84.3 Å². The predicted octanol–water partition coefficient (Wildman–Crippen LogP) is 3.52. The minimum Gasteiger partial charge on any atom is -0.378 e. The summed E-state index contributed by atoms with van der Waals surface area (Å²) in [7, 11) is 0. The smallest absolute Gasteiger partial charge is 0.378 e. The SMILES string of the molecule is O=C(Cc1cccc(F)c1)NCCNc1ccc(C(F)(F)F)cc1[N+](=O)[O-]. The second kappa shape index (κ2) is 8.47. The van der Waals surface area contributed by atoms with Crippen LogP contribution in [0.4, 0.5) is 28.9 Å². The summed E-state index contributed by atoms with van der Waals surface area (Å²) in [5.41, 5.74) is -1.44. The van der Waals surface area contributed by atoms with Crippen molar-refractivity contribution >= 4 is 17.3 Å². The number of rotatable bonds is 7. The van der Waals surface area contributed by atoms with Gasteiger partial charge in [-0.3, -0.25) is 14.9 Å². The molecule has 0 aromatic heterocycles. The molecule has 0 spiro atoms. The van der Waals surface area contributed by atoms with Crippen molar-refractivity contribution in [2.24, 2.45) is 0 Å². The highest BCUT2D eigenvalue weighted by molar-refractivity contribution is 5.78. The molecule has 0 aliphatic rings. The highest BCUT2D eigenvalue weighted by Gasteiger charge is 2.32. The van der Waals surface area contributed by atoms with Crippen LogP contribution in [-0.2, 0) is 17.4 Å². The average Bonchev–Trinajstić information content (AvgIpc) is 2.57. The molecule has 0 aliphatic heterocycles. The molecule has 0 radical (unpaired) electrons. The van der Waals surface area contributed by atoms with Gasteiger partial charge in [0.2, 0.25) is 5.91 Å². The van der Waals surface area contributed by atoms with Gasteiger partial charge >= 0.3 is 6.18 Å². The number of halogens is 4. The van der Waals surface area contributed by atoms with E-state index in [1.54, 1.807) is 6.07 Å². The molecule has 1 amide bonds. The highest BCUT2D eigenvalue weighted by Crippen LogP contribution is 2.34. The number of benzene rings is 2. The van der Waals surface area contributed by atoms with E-state index in [2.05, 4.69) is 10.6 Å². The van der Waals surface area contributed by atoms with Crippen molar-refractivity contribution in [2.45, 2.75) is 12.6 Å². The predicted molar refractivity (Wildman–Crippen MR) is 89.7 cm³/mol. The first kappa shape index (κ1) is 20.1. The van der Waals surface area contributed by atoms with Crippen LogP contribution in [0.2, 0.25) is 0 Å². The number of nitro benzene ring substituents is 1. The maximum absolute atomic E-state index is 13.0. The zero-order valence-corrected chi connectivity index (χ0v) is 13.8. The number of anilines is 1. The van der Waals surface area contributed by atoms with Crippen molar-refractivity contribution in [1.29, 1.82) is 0 Å². The Bertz CT molecular complexity index is 840. The summed E-state index contributed by atoms with van der Waals surface area (Å²) >= 11 is 0. The van der Waals surface area contributed by atoms with Crippen LogP contribution in [-0.4, -0.2) is 23.9 Å². The Kier molecular flexibility index (Phi) is 6.32. The third-order valence-electron chi connectivity index (χ3n) is 3.54. The normalized spacial score (nSPS) is 11.1. The van der Waals surface area contributed by atoms with Crippen molar-refractivity contribution in [1.82, 2.24) is 5.32 Å². The monoisotopic (exact) mass is 385 g/mol. The number of hydrogen-bond donors (Lipinski definition) is 2. The Morgan fingerprint density at radius 2 is 1.85 bits per heavy atom. The summed E-state index contributed by atoms with van der Waals surface area (Å²) < 4.78 is 51.0. The van der Waals surface area contributed by atoms with Gasteiger partial charge in [-0.25, -0.2) is 4.39 Å². The third-order valence-corrected chi connectivity index (χ3v) is 3.54. The molecule has 2 aromatic carbocycles. The van der Waals surface area contributed by atoms with Crippen LogP contribution in [0.1, 0.15) is 11.1 Å². The Morgan fingerprint density at radius 3 is 2.48 bits per heavy atom. The van der Waals surface area contributed by atoms with Gasteiger partial charge in [0.05, 0.1) is 16.9 Å². The first-order valence-electron chi connectivity index (χ1n) is 7.77. The molecule has 10 heteroatoms. The molecule has 0 saturated heterocycles. The zero-order chi connectivity index (χ0) is 20.0. The van der Waals surface area contributed by atoms with Crippen LogP contribution in [0.5, 0.6) is 0 Å². The summed E-state index contributed by atoms with van der Waals surface area (Å²) in [6.45, 7) is 0.132. The fourth-order valence-electron chi connectivity index (χ4n) is 2.30. The van der Waals surface area contributed by atoms with E-state index < -0.39 is 28.2 Å². The van der Waals surface area contributed by atoms with Gasteiger partial charge in [0.1, 0.15) is 11.5 Å². The van der Waals surface area contributed by atoms with Gasteiger partial charge in [-0.2, -0.15) is 13.2 Å². The molecule has 6 nitrogen and oxygen atoms in total. The summed E-state index contributed by atoms with van der Waals surface area (Å²) in [6, 6.07) is 7.69. The van der Waals surface area contributed by atoms with Crippen molar-refractivity contribution in [3.8, 4) is 0 Å². The maximum Gasteiger partial charge on any atom is 0.416 e. The third kappa shape index (κ3) is 5.94. The first-order chi connectivity index (χ1) is 12.7. The fraction of sp³-hybridized carbons (Fsp3) is 0.235. The average molecular weight is 385 g/mol. The van der Waals surface area contributed by atoms with Gasteiger partial charge in [0.25, 0.3) is 5.69 Å². The second-order valence-corrected chi connectivity index (χ2v) is 5.57. The number of carbonyl (C=O) groups is 1. The zero-order valence-electron chi connectivity index (χ0n) is 13.8. The summed E-state index contributed by atoms with van der Waals surface area (Å²) in [4.78, 5) is 21.8. The number of hydrogen-bond acceptors (Lipinski definition) is 4. The van der Waals surface area contributed by atoms with E-state index in [0.29, 0.717) is 11.6 Å². The van der Waals surface area contributed by atoms with Gasteiger partial charge < -0.3 is 10.6 Å². The van der Waals surface area contributed by atoms with Gasteiger partial charge in [-0.15, -0.1) is 0 Å². The molecule has 0 aliphatic carbocycles. The van der Waals surface area contributed by atoms with E-state index in [1.807, 2.05) is 0 Å². The number of nitrogens with zero attached hydrogens (tertiary/aromatic N) is 1. The molecule has 2 aromatic rings. The van der Waals surface area contributed by atoms with Crippen LogP contribution in [0, 0.1) is 15.9 Å². The second-order valence-electron chi connectivity index (χ2n) is 5.57. The van der Waals surface area contributed by atoms with E-state index in [1.165, 1.54) is 18.2 Å². The molecular weight excluding hydrogens is 370 g/mol. The largest absolute Gasteiger partial charge is 0.416 e. The number of nitrogens with one attached hydrogen (secondary N) is 2. The van der Waals surface area contributed by atoms with Crippen LogP contribution < -0.4 is 10.6 Å². The van der Waals surface area contributed by atoms with Crippen LogP contribution >= 0.6 is 0 Å².